The summed E-state index contributed by atoms with van der Waals surface area (Å²) in [7, 11) is 0. The Morgan fingerprint density at radius 2 is 1.14 bits per heavy atom. The van der Waals surface area contributed by atoms with Crippen molar-refractivity contribution in [2.24, 2.45) is 5.92 Å². The van der Waals surface area contributed by atoms with Crippen LogP contribution < -0.4 is 9.47 Å². The second-order valence-corrected chi connectivity index (χ2v) is 9.54. The third-order valence-corrected chi connectivity index (χ3v) is 6.34. The summed E-state index contributed by atoms with van der Waals surface area (Å²) < 4.78 is 10.8. The van der Waals surface area contributed by atoms with Crippen molar-refractivity contribution >= 4 is 17.7 Å². The van der Waals surface area contributed by atoms with Crippen LogP contribution in [0.1, 0.15) is 119 Å². The van der Waals surface area contributed by atoms with E-state index < -0.39 is 5.97 Å². The number of ether oxygens (including phenoxy) is 2. The molecule has 0 aliphatic rings. The monoisotopic (exact) mass is 494 g/mol. The summed E-state index contributed by atoms with van der Waals surface area (Å²) in [6.45, 7) is 6.33. The Hall–Kier alpha value is -2.95. The van der Waals surface area contributed by atoms with Crippen molar-refractivity contribution in [3.05, 3.63) is 59.7 Å². The van der Waals surface area contributed by atoms with E-state index in [0.29, 0.717) is 29.0 Å². The Kier molecular flexibility index (Phi) is 13.6. The second-order valence-electron chi connectivity index (χ2n) is 9.54. The molecule has 0 aliphatic heterocycles. The van der Waals surface area contributed by atoms with E-state index in [1.165, 1.54) is 32.1 Å². The largest absolute Gasteiger partial charge is 0.427 e. The molecule has 2 rings (SSSR count). The van der Waals surface area contributed by atoms with Gasteiger partial charge < -0.3 is 9.47 Å². The van der Waals surface area contributed by atoms with E-state index in [1.807, 2.05) is 6.92 Å². The fraction of sp³-hybridized carbons (Fsp3) is 0.516. The van der Waals surface area contributed by atoms with Crippen LogP contribution in [0.15, 0.2) is 48.5 Å². The number of carbonyl (C=O) groups excluding carboxylic acids is 3. The van der Waals surface area contributed by atoms with Crippen LogP contribution in [0, 0.1) is 5.92 Å². The number of hydrogen-bond acceptors (Lipinski definition) is 5. The first-order valence-corrected chi connectivity index (χ1v) is 13.6. The highest BCUT2D eigenvalue weighted by molar-refractivity contribution is 5.98. The highest BCUT2D eigenvalue weighted by Crippen LogP contribution is 2.21. The fourth-order valence-corrected chi connectivity index (χ4v) is 4.04. The van der Waals surface area contributed by atoms with Crippen molar-refractivity contribution in [1.29, 1.82) is 0 Å². The predicted molar refractivity (Wildman–Crippen MR) is 144 cm³/mol. The molecule has 0 fully saturated rings. The van der Waals surface area contributed by atoms with Crippen LogP contribution in [-0.2, 0) is 4.79 Å². The maximum absolute atomic E-state index is 12.6. The molecule has 0 aliphatic carbocycles. The lowest BCUT2D eigenvalue weighted by atomic mass is 9.94. The van der Waals surface area contributed by atoms with Crippen molar-refractivity contribution in [2.75, 3.05) is 0 Å². The molecule has 5 nitrogen and oxygen atoms in total. The molecule has 0 radical (unpaired) electrons. The maximum atomic E-state index is 12.6. The lowest BCUT2D eigenvalue weighted by molar-refractivity contribution is -0.134. The van der Waals surface area contributed by atoms with Crippen LogP contribution >= 0.6 is 0 Å². The van der Waals surface area contributed by atoms with Gasteiger partial charge in [-0.05, 0) is 61.4 Å². The molecule has 0 heterocycles. The third kappa shape index (κ3) is 10.8. The van der Waals surface area contributed by atoms with E-state index >= 15 is 0 Å². The molecule has 196 valence electrons. The first kappa shape index (κ1) is 29.3. The van der Waals surface area contributed by atoms with Crippen LogP contribution in [-0.4, -0.2) is 17.7 Å². The predicted octanol–water partition coefficient (Wildman–Crippen LogP) is 8.35. The van der Waals surface area contributed by atoms with Gasteiger partial charge in [0.15, 0.2) is 5.78 Å². The van der Waals surface area contributed by atoms with Gasteiger partial charge in [0.05, 0.1) is 5.56 Å². The zero-order valence-electron chi connectivity index (χ0n) is 22.2. The third-order valence-electron chi connectivity index (χ3n) is 6.34. The lowest BCUT2D eigenvalue weighted by Crippen LogP contribution is -2.12. The normalized spacial score (nSPS) is 11.6. The van der Waals surface area contributed by atoms with Gasteiger partial charge in [0, 0.05) is 17.9 Å². The first-order chi connectivity index (χ1) is 17.4. The molecular formula is C31H42O5. The van der Waals surface area contributed by atoms with Crippen LogP contribution in [0.5, 0.6) is 11.5 Å². The smallest absolute Gasteiger partial charge is 0.343 e. The minimum atomic E-state index is -0.511. The highest BCUT2D eigenvalue weighted by Gasteiger charge is 2.16. The summed E-state index contributed by atoms with van der Waals surface area (Å²) in [5, 5.41) is 0. The molecule has 1 atom stereocenters. The van der Waals surface area contributed by atoms with Crippen molar-refractivity contribution < 1.29 is 23.9 Å². The SMILES string of the molecule is CCCCCCCCC(=O)Oc1ccc(C(=O)Oc2ccc(C(=O)C(C)CCCCCC)cc2)cc1. The zero-order chi connectivity index (χ0) is 26.2. The summed E-state index contributed by atoms with van der Waals surface area (Å²) >= 11 is 0. The van der Waals surface area contributed by atoms with Crippen molar-refractivity contribution in [3.63, 3.8) is 0 Å². The minimum absolute atomic E-state index is 0.0198. The van der Waals surface area contributed by atoms with Crippen LogP contribution in [0.4, 0.5) is 0 Å². The molecule has 0 amide bonds. The standard InChI is InChI=1S/C31H42O5/c1-4-6-8-10-11-13-15-29(32)35-27-22-18-26(19-23-27)31(34)36-28-20-16-25(17-21-28)30(33)24(3)14-12-9-7-5-2/h16-24H,4-15H2,1-3H3. The number of rotatable bonds is 17. The average Bonchev–Trinajstić information content (AvgIpc) is 2.89. The Morgan fingerprint density at radius 1 is 0.639 bits per heavy atom. The number of unbranched alkanes of at least 4 members (excludes halogenated alkanes) is 8. The molecule has 1 unspecified atom stereocenters. The maximum Gasteiger partial charge on any atom is 0.343 e. The van der Waals surface area contributed by atoms with Gasteiger partial charge in [0.2, 0.25) is 0 Å². The topological polar surface area (TPSA) is 69.7 Å². The van der Waals surface area contributed by atoms with Gasteiger partial charge >= 0.3 is 11.9 Å². The van der Waals surface area contributed by atoms with Gasteiger partial charge in [-0.25, -0.2) is 4.79 Å². The van der Waals surface area contributed by atoms with Gasteiger partial charge in [-0.3, -0.25) is 9.59 Å². The number of carbonyl (C=O) groups is 3. The van der Waals surface area contributed by atoms with Gasteiger partial charge in [-0.15, -0.1) is 0 Å². The van der Waals surface area contributed by atoms with Crippen LogP contribution in [0.2, 0.25) is 0 Å². The number of benzene rings is 2. The zero-order valence-corrected chi connectivity index (χ0v) is 22.2. The first-order valence-electron chi connectivity index (χ1n) is 13.6. The van der Waals surface area contributed by atoms with E-state index in [-0.39, 0.29) is 17.7 Å². The lowest BCUT2D eigenvalue weighted by Gasteiger charge is -2.11. The second kappa shape index (κ2) is 16.7. The molecule has 0 saturated heterocycles. The molecule has 0 N–H and O–H groups in total. The summed E-state index contributed by atoms with van der Waals surface area (Å²) in [5.41, 5.74) is 0.983. The van der Waals surface area contributed by atoms with Gasteiger partial charge in [0.25, 0.3) is 0 Å². The number of Topliss-reactive ketones (excluding diaryl/α,β-unsaturated/α-hetero) is 1. The fourth-order valence-electron chi connectivity index (χ4n) is 4.04. The van der Waals surface area contributed by atoms with E-state index in [2.05, 4.69) is 13.8 Å². The Morgan fingerprint density at radius 3 is 1.75 bits per heavy atom. The number of ketones is 1. The summed E-state index contributed by atoms with van der Waals surface area (Å²) in [5.74, 6) is 0.115. The molecule has 0 spiro atoms. The van der Waals surface area contributed by atoms with Crippen molar-refractivity contribution in [3.8, 4) is 11.5 Å². The minimum Gasteiger partial charge on any atom is -0.427 e. The Balaban J connectivity index is 1.78. The molecule has 0 saturated carbocycles. The van der Waals surface area contributed by atoms with Gasteiger partial charge in [-0.2, -0.15) is 0 Å². The quantitative estimate of drug-likeness (QED) is 0.0956. The van der Waals surface area contributed by atoms with E-state index in [0.717, 1.165) is 38.5 Å². The molecule has 2 aromatic rings. The molecular weight excluding hydrogens is 452 g/mol. The number of hydrogen-bond donors (Lipinski definition) is 0. The molecule has 0 bridgehead atoms. The Labute approximate surface area is 216 Å². The van der Waals surface area contributed by atoms with Crippen LogP contribution in [0.3, 0.4) is 0 Å². The highest BCUT2D eigenvalue weighted by atomic mass is 16.5. The average molecular weight is 495 g/mol. The Bertz CT molecular complexity index is 930. The summed E-state index contributed by atoms with van der Waals surface area (Å²) in [6.07, 6.45) is 12.6. The van der Waals surface area contributed by atoms with E-state index in [9.17, 15) is 14.4 Å². The van der Waals surface area contributed by atoms with Crippen molar-refractivity contribution in [1.82, 2.24) is 0 Å². The molecule has 2 aromatic carbocycles. The van der Waals surface area contributed by atoms with E-state index in [1.54, 1.807) is 48.5 Å². The van der Waals surface area contributed by atoms with Crippen LogP contribution in [0.25, 0.3) is 0 Å². The molecule has 0 aromatic heterocycles. The molecule has 5 heteroatoms. The van der Waals surface area contributed by atoms with Gasteiger partial charge in [0.1, 0.15) is 11.5 Å². The summed E-state index contributed by atoms with van der Waals surface area (Å²) in [4.78, 5) is 37.2. The van der Waals surface area contributed by atoms with E-state index in [4.69, 9.17) is 9.47 Å². The van der Waals surface area contributed by atoms with Gasteiger partial charge in [-0.1, -0.05) is 78.6 Å². The number of esters is 2. The summed E-state index contributed by atoms with van der Waals surface area (Å²) in [6, 6.07) is 13.1. The van der Waals surface area contributed by atoms with Crippen molar-refractivity contribution in [2.45, 2.75) is 97.8 Å². The molecule has 36 heavy (non-hydrogen) atoms.